The van der Waals surface area contributed by atoms with Crippen molar-refractivity contribution in [1.82, 2.24) is 0 Å². The number of rotatable bonds is 7. The van der Waals surface area contributed by atoms with Crippen molar-refractivity contribution in [3.05, 3.63) is 71.3 Å². The molecule has 2 rings (SSSR count). The normalized spacial score (nSPS) is 13.3. The van der Waals surface area contributed by atoms with Crippen LogP contribution in [0.15, 0.2) is 49.1 Å². The summed E-state index contributed by atoms with van der Waals surface area (Å²) in [5, 5.41) is 10.6. The molecule has 2 aromatic carbocycles. The Balaban J connectivity index is 2.40. The van der Waals surface area contributed by atoms with Crippen LogP contribution in [0.5, 0.6) is 11.5 Å². The Bertz CT molecular complexity index is 709. The molecule has 0 spiro atoms. The summed E-state index contributed by atoms with van der Waals surface area (Å²) in [5.74, 6) is 1.50. The summed E-state index contributed by atoms with van der Waals surface area (Å²) in [7, 11) is 1.67. The molecule has 0 saturated carbocycles. The standard InChI is InChI=1S/C21H27NO2/c1-5-16(13-22)19-10-9-14(2)21(23)20(19)11-15(3)17-7-6-8-18(12-17)24-4/h5-10,12,15-16,23H,1,11,13,22H2,2-4H3. The minimum absolute atomic E-state index is 0.0454. The molecule has 2 atom stereocenters. The van der Waals surface area contributed by atoms with E-state index in [0.29, 0.717) is 12.3 Å². The number of aryl methyl sites for hydroxylation is 1. The SMILES string of the molecule is C=CC(CN)c1ccc(C)c(O)c1CC(C)c1cccc(OC)c1. The number of nitrogens with two attached hydrogens (primary N) is 1. The van der Waals surface area contributed by atoms with Gasteiger partial charge in [0.05, 0.1) is 7.11 Å². The van der Waals surface area contributed by atoms with Crippen molar-refractivity contribution >= 4 is 0 Å². The molecule has 0 bridgehead atoms. The number of phenolic OH excluding ortho intramolecular Hbond substituents is 1. The van der Waals surface area contributed by atoms with E-state index in [2.05, 4.69) is 25.6 Å². The Morgan fingerprint density at radius 1 is 1.29 bits per heavy atom. The third-order valence-electron chi connectivity index (χ3n) is 4.63. The lowest BCUT2D eigenvalue weighted by Crippen LogP contribution is -2.13. The minimum atomic E-state index is 0.0454. The van der Waals surface area contributed by atoms with E-state index in [-0.39, 0.29) is 11.8 Å². The van der Waals surface area contributed by atoms with Crippen molar-refractivity contribution in [2.24, 2.45) is 5.73 Å². The first-order chi connectivity index (χ1) is 11.5. The Hall–Kier alpha value is -2.26. The second-order valence-corrected chi connectivity index (χ2v) is 6.26. The highest BCUT2D eigenvalue weighted by atomic mass is 16.5. The second-order valence-electron chi connectivity index (χ2n) is 6.26. The molecular weight excluding hydrogens is 298 g/mol. The molecule has 0 aliphatic carbocycles. The van der Waals surface area contributed by atoms with E-state index < -0.39 is 0 Å². The molecule has 0 radical (unpaired) electrons. The average Bonchev–Trinajstić information content (AvgIpc) is 2.61. The smallest absolute Gasteiger partial charge is 0.121 e. The first kappa shape index (κ1) is 18.1. The molecule has 0 aliphatic heterocycles. The van der Waals surface area contributed by atoms with E-state index in [1.807, 2.05) is 37.3 Å². The van der Waals surface area contributed by atoms with Crippen LogP contribution in [0, 0.1) is 6.92 Å². The van der Waals surface area contributed by atoms with Gasteiger partial charge in [-0.2, -0.15) is 0 Å². The van der Waals surface area contributed by atoms with Gasteiger partial charge in [0.1, 0.15) is 11.5 Å². The molecule has 0 saturated heterocycles. The van der Waals surface area contributed by atoms with Crippen molar-refractivity contribution in [3.63, 3.8) is 0 Å². The number of hydrogen-bond acceptors (Lipinski definition) is 3. The Labute approximate surface area is 144 Å². The molecule has 3 nitrogen and oxygen atoms in total. The van der Waals surface area contributed by atoms with Crippen LogP contribution in [0.25, 0.3) is 0 Å². The Morgan fingerprint density at radius 2 is 2.04 bits per heavy atom. The van der Waals surface area contributed by atoms with Gasteiger partial charge in [0.25, 0.3) is 0 Å². The lowest BCUT2D eigenvalue weighted by molar-refractivity contribution is 0.414. The molecule has 0 fully saturated rings. The van der Waals surface area contributed by atoms with Gasteiger partial charge in [-0.25, -0.2) is 0 Å². The maximum absolute atomic E-state index is 10.6. The van der Waals surface area contributed by atoms with Gasteiger partial charge in [-0.05, 0) is 53.6 Å². The third kappa shape index (κ3) is 3.80. The second kappa shape index (κ2) is 8.02. The van der Waals surface area contributed by atoms with E-state index in [9.17, 15) is 5.11 Å². The van der Waals surface area contributed by atoms with Crippen molar-refractivity contribution in [1.29, 1.82) is 0 Å². The van der Waals surface area contributed by atoms with Gasteiger partial charge in [0, 0.05) is 12.5 Å². The van der Waals surface area contributed by atoms with E-state index >= 15 is 0 Å². The first-order valence-electron chi connectivity index (χ1n) is 8.29. The van der Waals surface area contributed by atoms with Crippen molar-refractivity contribution in [2.75, 3.05) is 13.7 Å². The van der Waals surface area contributed by atoms with Crippen molar-refractivity contribution in [2.45, 2.75) is 32.1 Å². The summed E-state index contributed by atoms with van der Waals surface area (Å²) in [6, 6.07) is 12.1. The van der Waals surface area contributed by atoms with Crippen LogP contribution >= 0.6 is 0 Å². The molecule has 128 valence electrons. The predicted octanol–water partition coefficient (Wildman–Crippen LogP) is 4.28. The van der Waals surface area contributed by atoms with E-state index in [4.69, 9.17) is 10.5 Å². The highest BCUT2D eigenvalue weighted by Gasteiger charge is 2.19. The van der Waals surface area contributed by atoms with Crippen LogP contribution in [-0.2, 0) is 6.42 Å². The Morgan fingerprint density at radius 3 is 2.67 bits per heavy atom. The van der Waals surface area contributed by atoms with E-state index in [1.165, 1.54) is 5.56 Å². The molecule has 0 aromatic heterocycles. The zero-order valence-electron chi connectivity index (χ0n) is 14.8. The number of aromatic hydroxyl groups is 1. The topological polar surface area (TPSA) is 55.5 Å². The quantitative estimate of drug-likeness (QED) is 0.747. The highest BCUT2D eigenvalue weighted by molar-refractivity contribution is 5.48. The molecular formula is C21H27NO2. The van der Waals surface area contributed by atoms with Crippen LogP contribution in [-0.4, -0.2) is 18.8 Å². The lowest BCUT2D eigenvalue weighted by atomic mass is 9.85. The zero-order valence-corrected chi connectivity index (χ0v) is 14.8. The van der Waals surface area contributed by atoms with Crippen LogP contribution in [0.1, 0.15) is 41.0 Å². The molecule has 24 heavy (non-hydrogen) atoms. The van der Waals surface area contributed by atoms with Crippen LogP contribution in [0.3, 0.4) is 0 Å². The molecule has 2 unspecified atom stereocenters. The maximum Gasteiger partial charge on any atom is 0.121 e. The number of benzene rings is 2. The Kier molecular flexibility index (Phi) is 6.04. The summed E-state index contributed by atoms with van der Waals surface area (Å²) in [5.41, 5.74) is 9.97. The molecule has 0 amide bonds. The third-order valence-corrected chi connectivity index (χ3v) is 4.63. The van der Waals surface area contributed by atoms with Crippen LogP contribution < -0.4 is 10.5 Å². The summed E-state index contributed by atoms with van der Waals surface area (Å²) in [4.78, 5) is 0. The van der Waals surface area contributed by atoms with Gasteiger partial charge >= 0.3 is 0 Å². The van der Waals surface area contributed by atoms with Crippen molar-refractivity contribution in [3.8, 4) is 11.5 Å². The van der Waals surface area contributed by atoms with Crippen molar-refractivity contribution < 1.29 is 9.84 Å². The average molecular weight is 325 g/mol. The maximum atomic E-state index is 10.6. The molecule has 0 aliphatic rings. The van der Waals surface area contributed by atoms with Gasteiger partial charge < -0.3 is 15.6 Å². The van der Waals surface area contributed by atoms with Gasteiger partial charge in [0.2, 0.25) is 0 Å². The summed E-state index contributed by atoms with van der Waals surface area (Å²) in [6.07, 6.45) is 2.59. The predicted molar refractivity (Wildman–Crippen MR) is 99.9 cm³/mol. The minimum Gasteiger partial charge on any atom is -0.507 e. The summed E-state index contributed by atoms with van der Waals surface area (Å²) < 4.78 is 5.32. The number of methoxy groups -OCH3 is 1. The molecule has 0 heterocycles. The zero-order chi connectivity index (χ0) is 17.7. The van der Waals surface area contributed by atoms with Crippen LogP contribution in [0.4, 0.5) is 0 Å². The number of ether oxygens (including phenoxy) is 1. The number of hydrogen-bond donors (Lipinski definition) is 2. The summed E-state index contributed by atoms with van der Waals surface area (Å²) >= 11 is 0. The van der Waals surface area contributed by atoms with Gasteiger partial charge in [0.15, 0.2) is 0 Å². The van der Waals surface area contributed by atoms with Gasteiger partial charge in [-0.1, -0.05) is 37.3 Å². The van der Waals surface area contributed by atoms with E-state index in [1.54, 1.807) is 7.11 Å². The fourth-order valence-corrected chi connectivity index (χ4v) is 3.05. The van der Waals surface area contributed by atoms with Gasteiger partial charge in [-0.15, -0.1) is 6.58 Å². The fourth-order valence-electron chi connectivity index (χ4n) is 3.05. The van der Waals surface area contributed by atoms with Crippen LogP contribution in [0.2, 0.25) is 0 Å². The fraction of sp³-hybridized carbons (Fsp3) is 0.333. The monoisotopic (exact) mass is 325 g/mol. The lowest BCUT2D eigenvalue weighted by Gasteiger charge is -2.21. The molecule has 3 N–H and O–H groups in total. The first-order valence-corrected chi connectivity index (χ1v) is 8.29. The highest BCUT2D eigenvalue weighted by Crippen LogP contribution is 2.35. The largest absolute Gasteiger partial charge is 0.507 e. The number of phenols is 1. The molecule has 3 heteroatoms. The summed E-state index contributed by atoms with van der Waals surface area (Å²) in [6.45, 7) is 8.44. The van der Waals surface area contributed by atoms with Gasteiger partial charge in [-0.3, -0.25) is 0 Å². The van der Waals surface area contributed by atoms with E-state index in [0.717, 1.165) is 28.9 Å². The molecule has 2 aromatic rings.